The molecule has 0 saturated heterocycles. The van der Waals surface area contributed by atoms with Crippen molar-refractivity contribution in [1.82, 2.24) is 0 Å². The number of anilines is 1. The molecule has 2 aromatic carbocycles. The third kappa shape index (κ3) is 5.19. The van der Waals surface area contributed by atoms with E-state index in [4.69, 9.17) is 33.7 Å². The molecule has 1 amide bonds. The predicted molar refractivity (Wildman–Crippen MR) is 99.2 cm³/mol. The molecular formula is C18H18Cl2N2O3. The lowest BCUT2D eigenvalue weighted by atomic mass is 10.1. The van der Waals surface area contributed by atoms with E-state index >= 15 is 0 Å². The lowest BCUT2D eigenvalue weighted by Crippen LogP contribution is -2.34. The fourth-order valence-corrected chi connectivity index (χ4v) is 2.79. The number of hydrogen-bond donors (Lipinski definition) is 2. The molecule has 3 N–H and O–H groups in total. The van der Waals surface area contributed by atoms with Crippen LogP contribution in [0.1, 0.15) is 22.8 Å². The Hall–Kier alpha value is -2.08. The fraction of sp³-hybridized carbons (Fsp3) is 0.222. The quantitative estimate of drug-likeness (QED) is 0.748. The molecule has 0 heterocycles. The number of carbonyl (C=O) groups excluding carboxylic acids is 2. The highest BCUT2D eigenvalue weighted by atomic mass is 35.5. The zero-order valence-corrected chi connectivity index (χ0v) is 15.1. The molecule has 132 valence electrons. The van der Waals surface area contributed by atoms with Gasteiger partial charge in [-0.15, -0.1) is 0 Å². The van der Waals surface area contributed by atoms with Crippen molar-refractivity contribution in [3.8, 4) is 0 Å². The van der Waals surface area contributed by atoms with Gasteiger partial charge in [0.25, 0.3) is 5.91 Å². The van der Waals surface area contributed by atoms with Crippen molar-refractivity contribution in [3.05, 3.63) is 63.6 Å². The van der Waals surface area contributed by atoms with Crippen molar-refractivity contribution >= 4 is 40.8 Å². The van der Waals surface area contributed by atoms with Gasteiger partial charge in [-0.2, -0.15) is 0 Å². The maximum Gasteiger partial charge on any atom is 0.323 e. The maximum atomic E-state index is 12.3. The second-order valence-electron chi connectivity index (χ2n) is 5.31. The van der Waals surface area contributed by atoms with E-state index in [1.54, 1.807) is 49.4 Å². The molecular weight excluding hydrogens is 363 g/mol. The van der Waals surface area contributed by atoms with Crippen LogP contribution in [0, 0.1) is 0 Å². The van der Waals surface area contributed by atoms with E-state index in [1.807, 2.05) is 0 Å². The van der Waals surface area contributed by atoms with Crippen LogP contribution in [0.2, 0.25) is 10.0 Å². The molecule has 0 aromatic heterocycles. The van der Waals surface area contributed by atoms with Gasteiger partial charge in [-0.05, 0) is 43.2 Å². The van der Waals surface area contributed by atoms with Crippen LogP contribution >= 0.6 is 23.2 Å². The van der Waals surface area contributed by atoms with Crippen LogP contribution in [0.5, 0.6) is 0 Å². The molecule has 0 unspecified atom stereocenters. The highest BCUT2D eigenvalue weighted by Gasteiger charge is 2.16. The van der Waals surface area contributed by atoms with Gasteiger partial charge in [0.05, 0.1) is 22.2 Å². The summed E-state index contributed by atoms with van der Waals surface area (Å²) in [5.41, 5.74) is 7.45. The van der Waals surface area contributed by atoms with Gasteiger partial charge in [0.1, 0.15) is 6.04 Å². The molecule has 7 heteroatoms. The fourth-order valence-electron chi connectivity index (χ4n) is 2.22. The van der Waals surface area contributed by atoms with Gasteiger partial charge in [-0.1, -0.05) is 41.4 Å². The average molecular weight is 381 g/mol. The SMILES string of the molecule is CCOC(=O)[C@@H](N)Cc1ccc(NC(=O)c2c(Cl)cccc2Cl)cc1. The maximum absolute atomic E-state index is 12.3. The minimum atomic E-state index is -0.720. The van der Waals surface area contributed by atoms with E-state index in [-0.39, 0.29) is 15.6 Å². The van der Waals surface area contributed by atoms with E-state index in [9.17, 15) is 9.59 Å². The molecule has 2 aromatic rings. The number of carbonyl (C=O) groups is 2. The molecule has 0 spiro atoms. The third-order valence-electron chi connectivity index (χ3n) is 3.45. The number of nitrogens with one attached hydrogen (secondary N) is 1. The molecule has 0 radical (unpaired) electrons. The van der Waals surface area contributed by atoms with Crippen molar-refractivity contribution < 1.29 is 14.3 Å². The van der Waals surface area contributed by atoms with Crippen LogP contribution in [0.25, 0.3) is 0 Å². The molecule has 1 atom stereocenters. The highest BCUT2D eigenvalue weighted by Crippen LogP contribution is 2.25. The van der Waals surface area contributed by atoms with Gasteiger partial charge in [0.15, 0.2) is 0 Å². The molecule has 0 saturated carbocycles. The van der Waals surface area contributed by atoms with E-state index in [0.29, 0.717) is 18.7 Å². The third-order valence-corrected chi connectivity index (χ3v) is 4.08. The largest absolute Gasteiger partial charge is 0.465 e. The van der Waals surface area contributed by atoms with Gasteiger partial charge in [0.2, 0.25) is 0 Å². The van der Waals surface area contributed by atoms with Crippen molar-refractivity contribution in [2.24, 2.45) is 5.73 Å². The number of nitrogens with two attached hydrogens (primary N) is 1. The molecule has 0 aliphatic rings. The van der Waals surface area contributed by atoms with Crippen molar-refractivity contribution in [2.75, 3.05) is 11.9 Å². The van der Waals surface area contributed by atoms with E-state index in [1.165, 1.54) is 0 Å². The summed E-state index contributed by atoms with van der Waals surface area (Å²) in [6.07, 6.45) is 0.351. The van der Waals surface area contributed by atoms with E-state index in [2.05, 4.69) is 5.32 Å². The Kier molecular flexibility index (Phi) is 6.82. The van der Waals surface area contributed by atoms with Gasteiger partial charge in [-0.25, -0.2) is 0 Å². The van der Waals surface area contributed by atoms with Gasteiger partial charge in [-0.3, -0.25) is 9.59 Å². The van der Waals surface area contributed by atoms with Crippen LogP contribution in [0.4, 0.5) is 5.69 Å². The van der Waals surface area contributed by atoms with Crippen molar-refractivity contribution in [1.29, 1.82) is 0 Å². The molecule has 0 fully saturated rings. The van der Waals surface area contributed by atoms with Crippen LogP contribution in [-0.2, 0) is 16.0 Å². The predicted octanol–water partition coefficient (Wildman–Crippen LogP) is 3.68. The molecule has 0 aliphatic carbocycles. The molecule has 2 rings (SSSR count). The number of ether oxygens (including phenoxy) is 1. The number of halogens is 2. The Labute approximate surface area is 156 Å². The van der Waals surface area contributed by atoms with Gasteiger partial charge >= 0.3 is 5.97 Å². The van der Waals surface area contributed by atoms with Gasteiger partial charge in [0, 0.05) is 5.69 Å². The molecule has 5 nitrogen and oxygen atoms in total. The number of benzene rings is 2. The Bertz CT molecular complexity index is 743. The normalized spacial score (nSPS) is 11.7. The Morgan fingerprint density at radius 2 is 1.72 bits per heavy atom. The standard InChI is InChI=1S/C18H18Cl2N2O3/c1-2-25-18(24)15(21)10-11-6-8-12(9-7-11)22-17(23)16-13(19)4-3-5-14(16)20/h3-9,15H,2,10,21H2,1H3,(H,22,23)/t15-/m0/s1. The topological polar surface area (TPSA) is 81.4 Å². The first-order valence-corrected chi connectivity index (χ1v) is 8.44. The number of amides is 1. The van der Waals surface area contributed by atoms with E-state index in [0.717, 1.165) is 5.56 Å². The Balaban J connectivity index is 2.03. The summed E-state index contributed by atoms with van der Waals surface area (Å²) < 4.78 is 4.88. The summed E-state index contributed by atoms with van der Waals surface area (Å²) in [4.78, 5) is 23.9. The molecule has 0 bridgehead atoms. The Morgan fingerprint density at radius 1 is 1.12 bits per heavy atom. The molecule has 0 aliphatic heterocycles. The summed E-state index contributed by atoms with van der Waals surface area (Å²) in [6.45, 7) is 2.02. The first-order chi connectivity index (χ1) is 11.9. The number of esters is 1. The summed E-state index contributed by atoms with van der Waals surface area (Å²) in [5.74, 6) is -0.834. The van der Waals surface area contributed by atoms with E-state index < -0.39 is 17.9 Å². The smallest absolute Gasteiger partial charge is 0.323 e. The van der Waals surface area contributed by atoms with Crippen LogP contribution in [0.15, 0.2) is 42.5 Å². The zero-order chi connectivity index (χ0) is 18.4. The Morgan fingerprint density at radius 3 is 2.28 bits per heavy atom. The lowest BCUT2D eigenvalue weighted by molar-refractivity contribution is -0.144. The number of rotatable bonds is 6. The van der Waals surface area contributed by atoms with Crippen LogP contribution < -0.4 is 11.1 Å². The van der Waals surface area contributed by atoms with Crippen LogP contribution in [0.3, 0.4) is 0 Å². The summed E-state index contributed by atoms with van der Waals surface area (Å²) >= 11 is 12.1. The molecule has 25 heavy (non-hydrogen) atoms. The first-order valence-electron chi connectivity index (χ1n) is 7.69. The highest BCUT2D eigenvalue weighted by molar-refractivity contribution is 6.40. The summed E-state index contributed by atoms with van der Waals surface area (Å²) in [5, 5.41) is 3.29. The monoisotopic (exact) mass is 380 g/mol. The average Bonchev–Trinajstić information content (AvgIpc) is 2.56. The second kappa shape index (κ2) is 8.85. The van der Waals surface area contributed by atoms with Crippen LogP contribution in [-0.4, -0.2) is 24.5 Å². The van der Waals surface area contributed by atoms with Gasteiger partial charge < -0.3 is 15.8 Å². The summed E-state index contributed by atoms with van der Waals surface area (Å²) in [6, 6.07) is 11.1. The lowest BCUT2D eigenvalue weighted by Gasteiger charge is -2.12. The summed E-state index contributed by atoms with van der Waals surface area (Å²) in [7, 11) is 0. The first kappa shape index (κ1) is 19.2. The second-order valence-corrected chi connectivity index (χ2v) is 6.12. The number of hydrogen-bond acceptors (Lipinski definition) is 4. The van der Waals surface area contributed by atoms with Crippen molar-refractivity contribution in [3.63, 3.8) is 0 Å². The minimum Gasteiger partial charge on any atom is -0.465 e. The van der Waals surface area contributed by atoms with Crippen molar-refractivity contribution in [2.45, 2.75) is 19.4 Å². The minimum absolute atomic E-state index is 0.222. The zero-order valence-electron chi connectivity index (χ0n) is 13.6.